The molecule has 366 valence electrons. The second-order valence-corrected chi connectivity index (χ2v) is 23.5. The predicted molar refractivity (Wildman–Crippen MR) is 228 cm³/mol. The van der Waals surface area contributed by atoms with Crippen LogP contribution in [0.1, 0.15) is 120 Å². The fourth-order valence-corrected chi connectivity index (χ4v) is 15.1. The zero-order chi connectivity index (χ0) is 46.9. The maximum Gasteiger partial charge on any atom is 0.335 e. The van der Waals surface area contributed by atoms with Crippen molar-refractivity contribution < 1.29 is 79.2 Å². The van der Waals surface area contributed by atoms with Crippen LogP contribution in [0.5, 0.6) is 0 Å². The molecule has 0 radical (unpaired) electrons. The fraction of sp³-hybridized carbons (Fsp3) is 0.938. The van der Waals surface area contributed by atoms with Gasteiger partial charge in [0.25, 0.3) is 0 Å². The van der Waals surface area contributed by atoms with E-state index in [0.29, 0.717) is 18.3 Å². The van der Waals surface area contributed by atoms with Gasteiger partial charge in [-0.2, -0.15) is 0 Å². The largest absolute Gasteiger partial charge is 0.479 e. The molecular weight excluding hydrogens is 833 g/mol. The summed E-state index contributed by atoms with van der Waals surface area (Å²) in [7, 11) is 0. The monoisotopic (exact) mass is 911 g/mol. The van der Waals surface area contributed by atoms with E-state index < -0.39 is 110 Å². The normalized spacial score (nSPS) is 56.1. The van der Waals surface area contributed by atoms with Gasteiger partial charge in [-0.25, -0.2) is 4.79 Å². The Balaban J connectivity index is 1.06. The Morgan fingerprint density at radius 2 is 1.41 bits per heavy atom. The maximum absolute atomic E-state index is 12.5. The first-order valence-corrected chi connectivity index (χ1v) is 24.0. The summed E-state index contributed by atoms with van der Waals surface area (Å²) >= 11 is 0. The minimum atomic E-state index is -1.75. The van der Waals surface area contributed by atoms with Gasteiger partial charge in [-0.1, -0.05) is 67.0 Å². The molecule has 0 aromatic carbocycles. The van der Waals surface area contributed by atoms with Gasteiger partial charge in [0.05, 0.1) is 37.6 Å². The summed E-state index contributed by atoms with van der Waals surface area (Å²) in [6, 6.07) is 0. The summed E-state index contributed by atoms with van der Waals surface area (Å²) in [5, 5.41) is 97.9. The molecule has 8 rings (SSSR count). The van der Waals surface area contributed by atoms with Crippen molar-refractivity contribution in [3.63, 3.8) is 0 Å². The predicted octanol–water partition coefficient (Wildman–Crippen LogP) is 2.62. The van der Waals surface area contributed by atoms with E-state index in [4.69, 9.17) is 28.4 Å². The van der Waals surface area contributed by atoms with Crippen LogP contribution in [0.15, 0.2) is 11.6 Å². The molecule has 0 unspecified atom stereocenters. The van der Waals surface area contributed by atoms with Crippen molar-refractivity contribution in [2.75, 3.05) is 13.2 Å². The minimum Gasteiger partial charge on any atom is -0.479 e. The number of hydrogen-bond donors (Lipinski definition) is 9. The Labute approximate surface area is 377 Å². The molecule has 7 fully saturated rings. The molecule has 16 nitrogen and oxygen atoms in total. The zero-order valence-corrected chi connectivity index (χ0v) is 39.2. The molecule has 16 heteroatoms. The van der Waals surface area contributed by atoms with Crippen molar-refractivity contribution in [2.24, 2.45) is 56.2 Å². The van der Waals surface area contributed by atoms with Crippen LogP contribution in [0.3, 0.4) is 0 Å². The van der Waals surface area contributed by atoms with Crippen LogP contribution < -0.4 is 0 Å². The molecular formula is C48H78O16. The van der Waals surface area contributed by atoms with Gasteiger partial charge in [0.2, 0.25) is 0 Å². The molecule has 4 saturated carbocycles. The fourth-order valence-electron chi connectivity index (χ4n) is 15.1. The molecule has 24 atom stereocenters. The van der Waals surface area contributed by atoms with Gasteiger partial charge in [-0.05, 0) is 104 Å². The molecule has 0 spiro atoms. The Morgan fingerprint density at radius 1 is 0.719 bits per heavy atom. The van der Waals surface area contributed by atoms with Gasteiger partial charge >= 0.3 is 5.97 Å². The number of fused-ring (bicyclic) bond motifs is 7. The molecule has 8 aliphatic rings. The molecule has 64 heavy (non-hydrogen) atoms. The Bertz CT molecular complexity index is 1760. The number of carboxylic acid groups (broad SMARTS) is 1. The number of rotatable bonds is 8. The SMILES string of the molecule is C[C@H]1[C@H](O)[C@@H](C(=O)O)O[C@@H](O[C@H]2CC[C@@]3(C)[C@@H](CC[C@]4(C)[C@@H]3CC=C3[C@@H]5CC(C)(C)C[C@@H](O)[C@]5(C)CC[C@]34C)[C@@]2(C)CO)[C@@H]1O[C@@H]1OC[C@H](O)[C@H](O)[C@H]1O[C@@H]1O[C@@H](C)[C@H](O)[C@@H](O)[C@H]1O. The summed E-state index contributed by atoms with van der Waals surface area (Å²) in [6.07, 6.45) is -10.0. The van der Waals surface area contributed by atoms with Crippen molar-refractivity contribution in [1.29, 1.82) is 0 Å². The highest BCUT2D eigenvalue weighted by molar-refractivity contribution is 5.73. The second-order valence-electron chi connectivity index (χ2n) is 23.5. The lowest BCUT2D eigenvalue weighted by molar-refractivity contribution is -0.383. The molecule has 3 heterocycles. The van der Waals surface area contributed by atoms with Crippen LogP contribution in [0.25, 0.3) is 0 Å². The first-order chi connectivity index (χ1) is 29.8. The number of hydrogen-bond acceptors (Lipinski definition) is 15. The van der Waals surface area contributed by atoms with Crippen molar-refractivity contribution in [3.8, 4) is 0 Å². The Morgan fingerprint density at radius 3 is 2.08 bits per heavy atom. The van der Waals surface area contributed by atoms with Crippen LogP contribution >= 0.6 is 0 Å². The third-order valence-corrected chi connectivity index (χ3v) is 19.5. The number of carboxylic acids is 1. The van der Waals surface area contributed by atoms with Crippen LogP contribution in [-0.2, 0) is 33.2 Å². The molecule has 0 aromatic rings. The van der Waals surface area contributed by atoms with E-state index >= 15 is 0 Å². The van der Waals surface area contributed by atoms with Gasteiger partial charge in [0.1, 0.15) is 42.7 Å². The standard InChI is InChI=1S/C48H78O16/c1-22-31(52)37(39(57)58)63-42(36(22)62-41-38(33(54)26(50)20-59-41)64-40-35(56)34(55)32(53)23(2)60-40)61-30-13-14-45(6)27(46(30,7)21-49)12-15-48(9)28(45)11-10-24-25-18-43(3,4)19-29(51)44(25,5)16-17-47(24,48)8/h10,22-23,25-38,40-42,49-56H,11-21H2,1-9H3,(H,57,58)/t22-,23-,25-,26-,27+,28+,29+,30-,31-,32-,33-,34+,35+,36+,37-,38+,40-,41-,42+,44+,45-,46+,47+,48+/m0/s1. The number of aliphatic hydroxyl groups excluding tert-OH is 8. The van der Waals surface area contributed by atoms with Crippen LogP contribution in [0.4, 0.5) is 0 Å². The van der Waals surface area contributed by atoms with Gasteiger partial charge in [0.15, 0.2) is 25.0 Å². The highest BCUT2D eigenvalue weighted by Crippen LogP contribution is 2.76. The van der Waals surface area contributed by atoms with E-state index in [2.05, 4.69) is 47.6 Å². The van der Waals surface area contributed by atoms with Gasteiger partial charge < -0.3 is 74.4 Å². The van der Waals surface area contributed by atoms with Crippen molar-refractivity contribution in [2.45, 2.75) is 212 Å². The Hall–Kier alpha value is -1.35. The summed E-state index contributed by atoms with van der Waals surface area (Å²) < 4.78 is 36.9. The van der Waals surface area contributed by atoms with E-state index in [9.17, 15) is 50.8 Å². The highest BCUT2D eigenvalue weighted by atomic mass is 16.8. The van der Waals surface area contributed by atoms with Crippen LogP contribution in [0.2, 0.25) is 0 Å². The van der Waals surface area contributed by atoms with E-state index in [0.717, 1.165) is 51.4 Å². The average molecular weight is 911 g/mol. The van der Waals surface area contributed by atoms with E-state index in [1.54, 1.807) is 6.92 Å². The Kier molecular flexibility index (Phi) is 13.0. The lowest BCUT2D eigenvalue weighted by atomic mass is 9.33. The molecule has 3 saturated heterocycles. The molecule has 3 aliphatic heterocycles. The first-order valence-electron chi connectivity index (χ1n) is 24.0. The average Bonchev–Trinajstić information content (AvgIpc) is 3.22. The summed E-state index contributed by atoms with van der Waals surface area (Å²) in [5.74, 6) is -1.73. The number of ether oxygens (including phenoxy) is 6. The molecule has 0 bridgehead atoms. The smallest absolute Gasteiger partial charge is 0.335 e. The van der Waals surface area contributed by atoms with Crippen molar-refractivity contribution >= 4 is 5.97 Å². The van der Waals surface area contributed by atoms with E-state index in [1.165, 1.54) is 12.5 Å². The lowest BCUT2D eigenvalue weighted by Gasteiger charge is -2.72. The quantitative estimate of drug-likeness (QED) is 0.125. The molecule has 0 amide bonds. The van der Waals surface area contributed by atoms with Crippen molar-refractivity contribution in [1.82, 2.24) is 0 Å². The van der Waals surface area contributed by atoms with Crippen LogP contribution in [-0.4, -0.2) is 157 Å². The van der Waals surface area contributed by atoms with Crippen molar-refractivity contribution in [3.05, 3.63) is 11.6 Å². The lowest BCUT2D eigenvalue weighted by Crippen LogP contribution is -2.67. The summed E-state index contributed by atoms with van der Waals surface area (Å²) in [6.45, 7) is 18.8. The summed E-state index contributed by atoms with van der Waals surface area (Å²) in [4.78, 5) is 12.5. The minimum absolute atomic E-state index is 0.0141. The molecule has 0 aromatic heterocycles. The zero-order valence-electron chi connectivity index (χ0n) is 39.2. The van der Waals surface area contributed by atoms with Gasteiger partial charge in [-0.3, -0.25) is 0 Å². The number of allylic oxidation sites excluding steroid dienone is 2. The second kappa shape index (κ2) is 17.0. The third-order valence-electron chi connectivity index (χ3n) is 19.5. The maximum atomic E-state index is 12.5. The first kappa shape index (κ1) is 49.1. The summed E-state index contributed by atoms with van der Waals surface area (Å²) in [5.41, 5.74) is 0.342. The number of aliphatic carboxylic acids is 1. The number of aliphatic hydroxyl groups is 8. The third kappa shape index (κ3) is 7.50. The highest BCUT2D eigenvalue weighted by Gasteiger charge is 2.70. The van der Waals surface area contributed by atoms with Gasteiger partial charge in [0, 0.05) is 16.7 Å². The van der Waals surface area contributed by atoms with Crippen LogP contribution in [0, 0.1) is 56.2 Å². The van der Waals surface area contributed by atoms with E-state index in [-0.39, 0.29) is 45.7 Å². The van der Waals surface area contributed by atoms with Gasteiger partial charge in [-0.15, -0.1) is 0 Å². The van der Waals surface area contributed by atoms with E-state index in [1.807, 2.05) is 6.92 Å². The molecule has 9 N–H and O–H groups in total. The topological polar surface area (TPSA) is 255 Å². The molecule has 5 aliphatic carbocycles. The number of carbonyl (C=O) groups is 1.